The Hall–Kier alpha value is -3.40. The van der Waals surface area contributed by atoms with Crippen LogP contribution in [-0.2, 0) is 0 Å². The number of fused-ring (bicyclic) bond motifs is 1. The van der Waals surface area contributed by atoms with Crippen molar-refractivity contribution in [2.75, 3.05) is 25.5 Å². The summed E-state index contributed by atoms with van der Waals surface area (Å²) in [6, 6.07) is 5.96. The molecular formula is C21H31N9O. The Morgan fingerprint density at radius 2 is 2.16 bits per heavy atom. The maximum absolute atomic E-state index is 6.00. The van der Waals surface area contributed by atoms with Gasteiger partial charge in [0.1, 0.15) is 16.9 Å². The van der Waals surface area contributed by atoms with Crippen molar-refractivity contribution >= 4 is 22.6 Å². The summed E-state index contributed by atoms with van der Waals surface area (Å²) < 4.78 is 7.82. The van der Waals surface area contributed by atoms with E-state index < -0.39 is 0 Å². The number of rotatable bonds is 9. The summed E-state index contributed by atoms with van der Waals surface area (Å²) in [5, 5.41) is 13.3. The lowest BCUT2D eigenvalue weighted by Crippen LogP contribution is -2.29. The number of anilines is 1. The molecule has 0 aliphatic heterocycles. The molecule has 0 saturated carbocycles. The normalized spacial score (nSPS) is 11.9. The standard InChI is InChI=1S/C21H31N9O/c1-6-10-31-21-15(8-7-9-24-21)16-11-17(25-12-18(22)28-29(5)23)20-19(26-16)14(4)27-30(20)13(2)3/h7-9,11,13H,6,10,12,23H2,1-5H3,(H2,22,28)(H,25,26). The number of amidine groups is 1. The Labute approximate surface area is 182 Å². The van der Waals surface area contributed by atoms with Crippen molar-refractivity contribution in [1.29, 1.82) is 0 Å². The fourth-order valence-electron chi connectivity index (χ4n) is 3.25. The van der Waals surface area contributed by atoms with Gasteiger partial charge >= 0.3 is 0 Å². The van der Waals surface area contributed by atoms with E-state index in [1.54, 1.807) is 13.2 Å². The van der Waals surface area contributed by atoms with Gasteiger partial charge in [0.2, 0.25) is 5.88 Å². The van der Waals surface area contributed by atoms with Gasteiger partial charge in [-0.05, 0) is 45.4 Å². The summed E-state index contributed by atoms with van der Waals surface area (Å²) >= 11 is 0. The number of nitrogens with two attached hydrogens (primary N) is 2. The van der Waals surface area contributed by atoms with Gasteiger partial charge in [-0.3, -0.25) is 4.68 Å². The minimum Gasteiger partial charge on any atom is -0.477 e. The van der Waals surface area contributed by atoms with Gasteiger partial charge in [-0.15, -0.1) is 5.10 Å². The molecule has 3 heterocycles. The van der Waals surface area contributed by atoms with Crippen LogP contribution in [0.15, 0.2) is 29.5 Å². The van der Waals surface area contributed by atoms with Crippen LogP contribution >= 0.6 is 0 Å². The Morgan fingerprint density at radius 1 is 1.39 bits per heavy atom. The molecule has 3 aromatic rings. The first-order chi connectivity index (χ1) is 14.8. The quantitative estimate of drug-likeness (QED) is 0.206. The van der Waals surface area contributed by atoms with E-state index in [9.17, 15) is 0 Å². The maximum Gasteiger partial charge on any atom is 0.222 e. The van der Waals surface area contributed by atoms with E-state index >= 15 is 0 Å². The molecular weight excluding hydrogens is 394 g/mol. The van der Waals surface area contributed by atoms with Gasteiger partial charge in [0.25, 0.3) is 0 Å². The lowest BCUT2D eigenvalue weighted by atomic mass is 10.1. The van der Waals surface area contributed by atoms with Crippen molar-refractivity contribution < 1.29 is 4.74 Å². The number of pyridine rings is 2. The SMILES string of the molecule is CCCOc1ncccc1-c1cc(NC/C(N)=N/N(C)N)c2c(n1)c(C)nn2C(C)C. The number of aromatic nitrogens is 4. The summed E-state index contributed by atoms with van der Waals surface area (Å²) in [5.74, 6) is 6.49. The number of hydrogen-bond acceptors (Lipinski definition) is 8. The van der Waals surface area contributed by atoms with Gasteiger partial charge in [-0.2, -0.15) is 5.10 Å². The molecule has 10 nitrogen and oxygen atoms in total. The number of aryl methyl sites for hydroxylation is 1. The van der Waals surface area contributed by atoms with Crippen LogP contribution in [0.4, 0.5) is 5.69 Å². The zero-order valence-corrected chi connectivity index (χ0v) is 18.8. The Balaban J connectivity index is 2.14. The van der Waals surface area contributed by atoms with Gasteiger partial charge in [-0.1, -0.05) is 6.92 Å². The summed E-state index contributed by atoms with van der Waals surface area (Å²) in [7, 11) is 1.62. The van der Waals surface area contributed by atoms with E-state index in [2.05, 4.69) is 36.2 Å². The highest BCUT2D eigenvalue weighted by atomic mass is 16.5. The first-order valence-electron chi connectivity index (χ1n) is 10.3. The Kier molecular flexibility index (Phi) is 6.91. The van der Waals surface area contributed by atoms with Gasteiger partial charge < -0.3 is 15.8 Å². The van der Waals surface area contributed by atoms with Crippen LogP contribution in [0.3, 0.4) is 0 Å². The Morgan fingerprint density at radius 3 is 2.84 bits per heavy atom. The number of nitrogens with one attached hydrogen (secondary N) is 1. The van der Waals surface area contributed by atoms with Gasteiger partial charge in [0.15, 0.2) is 0 Å². The van der Waals surface area contributed by atoms with E-state index in [1.165, 1.54) is 5.12 Å². The van der Waals surface area contributed by atoms with Gasteiger partial charge in [0.05, 0.1) is 35.8 Å². The monoisotopic (exact) mass is 425 g/mol. The van der Waals surface area contributed by atoms with E-state index in [0.717, 1.165) is 40.1 Å². The molecule has 10 heteroatoms. The van der Waals surface area contributed by atoms with Gasteiger partial charge in [-0.25, -0.2) is 20.9 Å². The number of nitrogens with zero attached hydrogens (tertiary/aromatic N) is 6. The lowest BCUT2D eigenvalue weighted by molar-refractivity contribution is 0.306. The average Bonchev–Trinajstić information content (AvgIpc) is 3.07. The van der Waals surface area contributed by atoms with Crippen molar-refractivity contribution in [2.24, 2.45) is 16.7 Å². The second kappa shape index (κ2) is 9.61. The number of ether oxygens (including phenoxy) is 1. The minimum atomic E-state index is 0.160. The van der Waals surface area contributed by atoms with E-state index in [-0.39, 0.29) is 6.04 Å². The van der Waals surface area contributed by atoms with Crippen LogP contribution in [0, 0.1) is 6.92 Å². The van der Waals surface area contributed by atoms with Crippen LogP contribution in [0.1, 0.15) is 38.9 Å². The summed E-state index contributed by atoms with van der Waals surface area (Å²) in [6.45, 7) is 9.08. The molecule has 166 valence electrons. The third-order valence-corrected chi connectivity index (χ3v) is 4.55. The highest BCUT2D eigenvalue weighted by molar-refractivity contribution is 5.95. The molecule has 0 aliphatic carbocycles. The second-order valence-electron chi connectivity index (χ2n) is 7.60. The molecule has 31 heavy (non-hydrogen) atoms. The number of hydrogen-bond donors (Lipinski definition) is 3. The molecule has 3 aromatic heterocycles. The molecule has 0 unspecified atom stereocenters. The third kappa shape index (κ3) is 5.02. The Bertz CT molecular complexity index is 1070. The summed E-state index contributed by atoms with van der Waals surface area (Å²) in [5.41, 5.74) is 11.0. The van der Waals surface area contributed by atoms with E-state index in [0.29, 0.717) is 24.9 Å². The molecule has 0 amide bonds. The van der Waals surface area contributed by atoms with Crippen molar-refractivity contribution in [3.05, 3.63) is 30.1 Å². The predicted molar refractivity (Wildman–Crippen MR) is 124 cm³/mol. The van der Waals surface area contributed by atoms with Crippen LogP contribution in [-0.4, -0.2) is 50.9 Å². The second-order valence-corrected chi connectivity index (χ2v) is 7.60. The zero-order chi connectivity index (χ0) is 22.5. The van der Waals surface area contributed by atoms with E-state index in [1.807, 2.05) is 29.8 Å². The molecule has 0 aliphatic rings. The van der Waals surface area contributed by atoms with Crippen molar-refractivity contribution in [1.82, 2.24) is 24.9 Å². The lowest BCUT2D eigenvalue weighted by Gasteiger charge is -2.15. The highest BCUT2D eigenvalue weighted by Crippen LogP contribution is 2.34. The molecule has 0 bridgehead atoms. The molecule has 0 atom stereocenters. The summed E-state index contributed by atoms with van der Waals surface area (Å²) in [4.78, 5) is 9.32. The molecule has 0 fully saturated rings. The van der Waals surface area contributed by atoms with Crippen molar-refractivity contribution in [3.63, 3.8) is 0 Å². The van der Waals surface area contributed by atoms with Crippen LogP contribution in [0.2, 0.25) is 0 Å². The third-order valence-electron chi connectivity index (χ3n) is 4.55. The van der Waals surface area contributed by atoms with Crippen molar-refractivity contribution in [2.45, 2.75) is 40.2 Å². The van der Waals surface area contributed by atoms with Crippen LogP contribution in [0.5, 0.6) is 5.88 Å². The fourth-order valence-corrected chi connectivity index (χ4v) is 3.25. The number of hydrazine groups is 1. The first kappa shape index (κ1) is 22.3. The molecule has 0 saturated heterocycles. The molecule has 3 rings (SSSR count). The van der Waals surface area contributed by atoms with E-state index in [4.69, 9.17) is 26.4 Å². The number of hydrazone groups is 1. The topological polar surface area (TPSA) is 132 Å². The zero-order valence-electron chi connectivity index (χ0n) is 18.8. The smallest absolute Gasteiger partial charge is 0.222 e. The fraction of sp³-hybridized carbons (Fsp3) is 0.429. The average molecular weight is 426 g/mol. The molecule has 0 spiro atoms. The molecule has 0 radical (unpaired) electrons. The predicted octanol–water partition coefficient (Wildman–Crippen LogP) is 2.66. The maximum atomic E-state index is 6.00. The minimum absolute atomic E-state index is 0.160. The van der Waals surface area contributed by atoms with Gasteiger partial charge in [0, 0.05) is 19.3 Å². The first-order valence-corrected chi connectivity index (χ1v) is 10.3. The largest absolute Gasteiger partial charge is 0.477 e. The molecule has 0 aromatic carbocycles. The van der Waals surface area contributed by atoms with Crippen molar-refractivity contribution in [3.8, 4) is 17.1 Å². The highest BCUT2D eigenvalue weighted by Gasteiger charge is 2.19. The summed E-state index contributed by atoms with van der Waals surface area (Å²) in [6.07, 6.45) is 2.61. The molecule has 5 N–H and O–H groups in total. The van der Waals surface area contributed by atoms with Crippen LogP contribution in [0.25, 0.3) is 22.3 Å². The van der Waals surface area contributed by atoms with Crippen LogP contribution < -0.4 is 21.6 Å².